The Morgan fingerprint density at radius 3 is 2.57 bits per heavy atom. The maximum Gasteiger partial charge on any atom is 0.335 e. The van der Waals surface area contributed by atoms with E-state index in [9.17, 15) is 14.0 Å². The van der Waals surface area contributed by atoms with Crippen LogP contribution in [0.4, 0.5) is 10.1 Å². The number of thiazole rings is 1. The monoisotopic (exact) mass is 336 g/mol. The van der Waals surface area contributed by atoms with Crippen LogP contribution in [-0.2, 0) is 16.6 Å². The molecule has 0 bridgehead atoms. The number of halogens is 1. The predicted molar refractivity (Wildman–Crippen MR) is 86.5 cm³/mol. The lowest BCUT2D eigenvalue weighted by molar-refractivity contribution is -0.115. The molecule has 0 aliphatic heterocycles. The molecule has 0 atom stereocenters. The number of nitrogens with one attached hydrogen (secondary N) is 1. The zero-order chi connectivity index (χ0) is 17.2. The van der Waals surface area contributed by atoms with Crippen molar-refractivity contribution in [3.05, 3.63) is 45.7 Å². The van der Waals surface area contributed by atoms with E-state index in [2.05, 4.69) is 10.3 Å². The fourth-order valence-electron chi connectivity index (χ4n) is 1.84. The third-order valence-corrected chi connectivity index (χ3v) is 4.34. The molecule has 7 heteroatoms. The molecule has 2 N–H and O–H groups in total. The van der Waals surface area contributed by atoms with E-state index in [0.29, 0.717) is 5.69 Å². The van der Waals surface area contributed by atoms with Crippen LogP contribution in [0, 0.1) is 5.82 Å². The lowest BCUT2D eigenvalue weighted by Crippen LogP contribution is -2.16. The first-order valence-corrected chi connectivity index (χ1v) is 7.82. The number of benzene rings is 1. The standard InChI is InChI=1S/C16H17FN2O3S/c1-16(2,3)15-18-10(8-23-15)7-13(20)19-12-5-4-9(14(21)22)6-11(12)17/h4-6,8H,7H2,1-3H3,(H,19,20)(H,21,22). The molecule has 1 heterocycles. The largest absolute Gasteiger partial charge is 0.478 e. The second-order valence-corrected chi connectivity index (χ2v) is 6.98. The van der Waals surface area contributed by atoms with Crippen molar-refractivity contribution in [3.8, 4) is 0 Å². The molecular formula is C16H17FN2O3S. The van der Waals surface area contributed by atoms with Gasteiger partial charge in [-0.2, -0.15) is 0 Å². The first-order valence-electron chi connectivity index (χ1n) is 6.94. The van der Waals surface area contributed by atoms with Gasteiger partial charge in [-0.3, -0.25) is 4.79 Å². The lowest BCUT2D eigenvalue weighted by atomic mass is 9.98. The van der Waals surface area contributed by atoms with E-state index in [1.165, 1.54) is 23.5 Å². The summed E-state index contributed by atoms with van der Waals surface area (Å²) in [5.41, 5.74) is 0.319. The van der Waals surface area contributed by atoms with Crippen molar-refractivity contribution in [2.45, 2.75) is 32.6 Å². The average molecular weight is 336 g/mol. The molecule has 2 aromatic rings. The fraction of sp³-hybridized carbons (Fsp3) is 0.312. The van der Waals surface area contributed by atoms with Crippen molar-refractivity contribution in [2.24, 2.45) is 0 Å². The van der Waals surface area contributed by atoms with E-state index in [1.807, 2.05) is 26.2 Å². The zero-order valence-electron chi connectivity index (χ0n) is 13.0. The summed E-state index contributed by atoms with van der Waals surface area (Å²) in [6, 6.07) is 3.35. The van der Waals surface area contributed by atoms with Crippen molar-refractivity contribution >= 4 is 28.9 Å². The van der Waals surface area contributed by atoms with E-state index in [-0.39, 0.29) is 23.1 Å². The molecule has 0 aliphatic carbocycles. The topological polar surface area (TPSA) is 79.3 Å². The Kier molecular flexibility index (Phi) is 4.79. The van der Waals surface area contributed by atoms with Crippen LogP contribution in [0.25, 0.3) is 0 Å². The summed E-state index contributed by atoms with van der Waals surface area (Å²) in [4.78, 5) is 27.1. The predicted octanol–water partition coefficient (Wildman–Crippen LogP) is 3.46. The highest BCUT2D eigenvalue weighted by molar-refractivity contribution is 7.09. The van der Waals surface area contributed by atoms with Crippen molar-refractivity contribution < 1.29 is 19.1 Å². The number of anilines is 1. The SMILES string of the molecule is CC(C)(C)c1nc(CC(=O)Nc2ccc(C(=O)O)cc2F)cs1. The Morgan fingerprint density at radius 2 is 2.04 bits per heavy atom. The number of carboxylic acid groups (broad SMARTS) is 1. The van der Waals surface area contributed by atoms with Gasteiger partial charge in [-0.1, -0.05) is 20.8 Å². The van der Waals surface area contributed by atoms with Crippen molar-refractivity contribution in [1.82, 2.24) is 4.98 Å². The molecule has 0 radical (unpaired) electrons. The average Bonchev–Trinajstić information content (AvgIpc) is 2.89. The van der Waals surface area contributed by atoms with Crippen LogP contribution in [0.2, 0.25) is 0 Å². The molecule has 0 saturated heterocycles. The van der Waals surface area contributed by atoms with Crippen LogP contribution in [0.3, 0.4) is 0 Å². The highest BCUT2D eigenvalue weighted by Crippen LogP contribution is 2.25. The van der Waals surface area contributed by atoms with Gasteiger partial charge in [0, 0.05) is 10.8 Å². The van der Waals surface area contributed by atoms with E-state index in [1.54, 1.807) is 0 Å². The number of carboxylic acids is 1. The Morgan fingerprint density at radius 1 is 1.35 bits per heavy atom. The van der Waals surface area contributed by atoms with Gasteiger partial charge in [0.1, 0.15) is 5.82 Å². The minimum atomic E-state index is -1.22. The van der Waals surface area contributed by atoms with Crippen molar-refractivity contribution in [1.29, 1.82) is 0 Å². The van der Waals surface area contributed by atoms with Gasteiger partial charge in [0.25, 0.3) is 0 Å². The Balaban J connectivity index is 2.05. The number of nitrogens with zero attached hydrogens (tertiary/aromatic N) is 1. The minimum absolute atomic E-state index is 0.0344. The third kappa shape index (κ3) is 4.35. The van der Waals surface area contributed by atoms with Gasteiger partial charge in [-0.15, -0.1) is 11.3 Å². The molecule has 0 unspecified atom stereocenters. The zero-order valence-corrected chi connectivity index (χ0v) is 13.8. The second-order valence-electron chi connectivity index (χ2n) is 6.12. The number of carbonyl (C=O) groups is 2. The smallest absolute Gasteiger partial charge is 0.335 e. The lowest BCUT2D eigenvalue weighted by Gasteiger charge is -2.13. The molecule has 1 aromatic carbocycles. The molecule has 2 rings (SSSR count). The Labute approximate surface area is 137 Å². The number of hydrogen-bond donors (Lipinski definition) is 2. The number of hydrogen-bond acceptors (Lipinski definition) is 4. The quantitative estimate of drug-likeness (QED) is 0.896. The minimum Gasteiger partial charge on any atom is -0.478 e. The summed E-state index contributed by atoms with van der Waals surface area (Å²) >= 11 is 1.48. The molecule has 1 amide bonds. The molecule has 122 valence electrons. The maximum atomic E-state index is 13.8. The van der Waals surface area contributed by atoms with E-state index >= 15 is 0 Å². The number of aromatic carboxylic acids is 1. The van der Waals surface area contributed by atoms with Gasteiger partial charge >= 0.3 is 5.97 Å². The number of aromatic nitrogens is 1. The van der Waals surface area contributed by atoms with Gasteiger partial charge in [0.2, 0.25) is 5.91 Å². The molecule has 23 heavy (non-hydrogen) atoms. The van der Waals surface area contributed by atoms with Gasteiger partial charge in [0.15, 0.2) is 0 Å². The highest BCUT2D eigenvalue weighted by Gasteiger charge is 2.19. The van der Waals surface area contributed by atoms with Gasteiger partial charge in [-0.25, -0.2) is 14.2 Å². The second kappa shape index (κ2) is 6.45. The summed E-state index contributed by atoms with van der Waals surface area (Å²) in [5, 5.41) is 14.0. The molecule has 0 aliphatic rings. The van der Waals surface area contributed by atoms with Crippen molar-refractivity contribution in [2.75, 3.05) is 5.32 Å². The Hall–Kier alpha value is -2.28. The molecule has 0 fully saturated rings. The molecule has 0 saturated carbocycles. The summed E-state index contributed by atoms with van der Waals surface area (Å²) in [7, 11) is 0. The fourth-order valence-corrected chi connectivity index (χ4v) is 2.75. The first kappa shape index (κ1) is 17.1. The van der Waals surface area contributed by atoms with Gasteiger partial charge < -0.3 is 10.4 Å². The Bertz CT molecular complexity index is 750. The maximum absolute atomic E-state index is 13.8. The van der Waals surface area contributed by atoms with Crippen LogP contribution in [0.5, 0.6) is 0 Å². The third-order valence-electron chi connectivity index (χ3n) is 3.03. The van der Waals surface area contributed by atoms with E-state index < -0.39 is 17.7 Å². The van der Waals surface area contributed by atoms with Crippen LogP contribution < -0.4 is 5.32 Å². The molecule has 0 spiro atoms. The summed E-state index contributed by atoms with van der Waals surface area (Å²) in [6.07, 6.45) is 0.0344. The van der Waals surface area contributed by atoms with Crippen LogP contribution >= 0.6 is 11.3 Å². The number of amides is 1. The molecule has 5 nitrogen and oxygen atoms in total. The van der Waals surface area contributed by atoms with E-state index in [4.69, 9.17) is 5.11 Å². The highest BCUT2D eigenvalue weighted by atomic mass is 32.1. The van der Waals surface area contributed by atoms with Gasteiger partial charge in [-0.05, 0) is 18.2 Å². The first-order chi connectivity index (χ1) is 10.7. The number of carbonyl (C=O) groups excluding carboxylic acids is 1. The van der Waals surface area contributed by atoms with Crippen LogP contribution in [0.1, 0.15) is 41.8 Å². The van der Waals surface area contributed by atoms with Crippen LogP contribution in [0.15, 0.2) is 23.6 Å². The van der Waals surface area contributed by atoms with Crippen LogP contribution in [-0.4, -0.2) is 22.0 Å². The van der Waals surface area contributed by atoms with Gasteiger partial charge in [0.05, 0.1) is 28.4 Å². The number of rotatable bonds is 4. The molecular weight excluding hydrogens is 319 g/mol. The molecule has 1 aromatic heterocycles. The summed E-state index contributed by atoms with van der Waals surface area (Å²) in [6.45, 7) is 6.11. The summed E-state index contributed by atoms with van der Waals surface area (Å²) in [5.74, 6) is -2.41. The normalized spacial score (nSPS) is 11.3. The summed E-state index contributed by atoms with van der Waals surface area (Å²) < 4.78 is 13.8. The van der Waals surface area contributed by atoms with E-state index in [0.717, 1.165) is 11.1 Å². The van der Waals surface area contributed by atoms with Crippen molar-refractivity contribution in [3.63, 3.8) is 0 Å².